The van der Waals surface area contributed by atoms with Crippen LogP contribution in [0.1, 0.15) is 51.9 Å². The number of nitrogens with two attached hydrogens (primary N) is 1. The first-order valence-corrected chi connectivity index (χ1v) is 8.04. The molecule has 1 amide bonds. The second kappa shape index (κ2) is 8.60. The number of thioether (sulfide) groups is 1. The van der Waals surface area contributed by atoms with Crippen LogP contribution in [0.5, 0.6) is 0 Å². The third-order valence-electron chi connectivity index (χ3n) is 2.81. The van der Waals surface area contributed by atoms with Gasteiger partial charge in [-0.1, -0.05) is 25.9 Å². The van der Waals surface area contributed by atoms with E-state index in [1.165, 1.54) is 0 Å². The van der Waals surface area contributed by atoms with Gasteiger partial charge in [0.05, 0.1) is 6.04 Å². The molecule has 0 saturated carbocycles. The Morgan fingerprint density at radius 3 is 2.57 bits per heavy atom. The van der Waals surface area contributed by atoms with Gasteiger partial charge in [-0.3, -0.25) is 4.79 Å². The number of carbonyl (C=O) groups excluding carboxylic acids is 1. The van der Waals surface area contributed by atoms with E-state index in [-0.39, 0.29) is 29.8 Å². The highest BCUT2D eigenvalue weighted by molar-refractivity contribution is 7.98. The normalized spacial score (nSPS) is 14.2. The van der Waals surface area contributed by atoms with Crippen LogP contribution in [0.15, 0.2) is 4.52 Å². The molecule has 8 heteroatoms. The molecule has 0 fully saturated rings. The van der Waals surface area contributed by atoms with Crippen molar-refractivity contribution < 1.29 is 9.32 Å². The van der Waals surface area contributed by atoms with Gasteiger partial charge in [0.1, 0.15) is 6.04 Å². The highest BCUT2D eigenvalue weighted by atomic mass is 35.5. The van der Waals surface area contributed by atoms with Gasteiger partial charge < -0.3 is 15.6 Å². The number of aromatic nitrogens is 2. The van der Waals surface area contributed by atoms with Gasteiger partial charge in [-0.05, 0) is 25.4 Å². The lowest BCUT2D eigenvalue weighted by Crippen LogP contribution is -2.42. The summed E-state index contributed by atoms with van der Waals surface area (Å²) in [5.41, 5.74) is 5.63. The van der Waals surface area contributed by atoms with Gasteiger partial charge >= 0.3 is 0 Å². The number of carbonyl (C=O) groups is 1. The molecular formula is C13H25ClN4O2S. The Kier molecular flexibility index (Phi) is 8.28. The van der Waals surface area contributed by atoms with Crippen molar-refractivity contribution in [3.8, 4) is 0 Å². The molecule has 1 aromatic heterocycles. The smallest absolute Gasteiger partial charge is 0.248 e. The zero-order chi connectivity index (χ0) is 15.3. The fourth-order valence-electron chi connectivity index (χ4n) is 1.47. The van der Waals surface area contributed by atoms with Gasteiger partial charge in [-0.15, -0.1) is 12.4 Å². The predicted molar refractivity (Wildman–Crippen MR) is 87.8 cm³/mol. The minimum atomic E-state index is -0.505. The maximum Gasteiger partial charge on any atom is 0.248 e. The first-order valence-electron chi connectivity index (χ1n) is 6.64. The SMILES string of the molecule is CSCC[C@H](N)C(=O)NC(C)c1nc(C(C)(C)C)no1.Cl. The molecule has 1 aromatic rings. The van der Waals surface area contributed by atoms with E-state index in [9.17, 15) is 4.79 Å². The molecule has 0 spiro atoms. The maximum absolute atomic E-state index is 11.9. The number of nitrogens with one attached hydrogen (secondary N) is 1. The van der Waals surface area contributed by atoms with Crippen LogP contribution < -0.4 is 11.1 Å². The van der Waals surface area contributed by atoms with Gasteiger partial charge in [0.15, 0.2) is 5.82 Å². The second-order valence-electron chi connectivity index (χ2n) is 5.82. The second-order valence-corrected chi connectivity index (χ2v) is 6.81. The molecule has 0 bridgehead atoms. The van der Waals surface area contributed by atoms with Crippen molar-refractivity contribution >= 4 is 30.1 Å². The Morgan fingerprint density at radius 2 is 2.10 bits per heavy atom. The Balaban J connectivity index is 0.00000400. The van der Waals surface area contributed by atoms with Crippen molar-refractivity contribution in [2.24, 2.45) is 5.73 Å². The van der Waals surface area contributed by atoms with E-state index < -0.39 is 6.04 Å². The Bertz CT molecular complexity index is 448. The third-order valence-corrected chi connectivity index (χ3v) is 3.46. The molecule has 0 aliphatic heterocycles. The van der Waals surface area contributed by atoms with Gasteiger partial charge in [0, 0.05) is 5.41 Å². The van der Waals surface area contributed by atoms with Crippen LogP contribution in [0, 0.1) is 0 Å². The molecule has 0 aliphatic carbocycles. The summed E-state index contributed by atoms with van der Waals surface area (Å²) in [6.45, 7) is 7.81. The average molecular weight is 337 g/mol. The van der Waals surface area contributed by atoms with E-state index in [4.69, 9.17) is 10.3 Å². The van der Waals surface area contributed by atoms with Gasteiger partial charge in [0.2, 0.25) is 11.8 Å². The quantitative estimate of drug-likeness (QED) is 0.825. The number of rotatable bonds is 6. The first-order chi connectivity index (χ1) is 9.25. The van der Waals surface area contributed by atoms with E-state index in [0.717, 1.165) is 5.75 Å². The van der Waals surface area contributed by atoms with E-state index in [1.54, 1.807) is 18.7 Å². The largest absolute Gasteiger partial charge is 0.343 e. The predicted octanol–water partition coefficient (Wildman–Crippen LogP) is 2.05. The molecule has 1 unspecified atom stereocenters. The van der Waals surface area contributed by atoms with Crippen LogP contribution in [0.2, 0.25) is 0 Å². The van der Waals surface area contributed by atoms with Crippen LogP contribution in [0.3, 0.4) is 0 Å². The lowest BCUT2D eigenvalue weighted by Gasteiger charge is -2.15. The Hall–Kier alpha value is -0.790. The van der Waals surface area contributed by atoms with Crippen molar-refractivity contribution in [2.45, 2.75) is 51.6 Å². The van der Waals surface area contributed by atoms with Crippen molar-refractivity contribution in [3.05, 3.63) is 11.7 Å². The van der Waals surface area contributed by atoms with Crippen molar-refractivity contribution in [1.29, 1.82) is 0 Å². The summed E-state index contributed by atoms with van der Waals surface area (Å²) < 4.78 is 5.19. The summed E-state index contributed by atoms with van der Waals surface area (Å²) in [5, 5.41) is 6.74. The summed E-state index contributed by atoms with van der Waals surface area (Å²) >= 11 is 1.67. The number of halogens is 1. The number of hydrogen-bond acceptors (Lipinski definition) is 6. The summed E-state index contributed by atoms with van der Waals surface area (Å²) in [7, 11) is 0. The van der Waals surface area contributed by atoms with Crippen LogP contribution in [0.25, 0.3) is 0 Å². The average Bonchev–Trinajstić information content (AvgIpc) is 2.85. The fourth-order valence-corrected chi connectivity index (χ4v) is 1.96. The highest BCUT2D eigenvalue weighted by Gasteiger charge is 2.24. The highest BCUT2D eigenvalue weighted by Crippen LogP contribution is 2.20. The zero-order valence-corrected chi connectivity index (χ0v) is 14.8. The number of amides is 1. The molecule has 1 rings (SSSR count). The summed E-state index contributed by atoms with van der Waals surface area (Å²) in [4.78, 5) is 16.2. The van der Waals surface area contributed by atoms with Crippen LogP contribution in [0.4, 0.5) is 0 Å². The number of nitrogens with zero attached hydrogens (tertiary/aromatic N) is 2. The molecular weight excluding hydrogens is 312 g/mol. The molecule has 1 heterocycles. The minimum absolute atomic E-state index is 0. The summed E-state index contributed by atoms with van der Waals surface area (Å²) in [6, 6.07) is -0.846. The molecule has 0 saturated heterocycles. The molecule has 122 valence electrons. The minimum Gasteiger partial charge on any atom is -0.343 e. The van der Waals surface area contributed by atoms with E-state index in [0.29, 0.717) is 18.1 Å². The van der Waals surface area contributed by atoms with Crippen LogP contribution >= 0.6 is 24.2 Å². The molecule has 0 aromatic carbocycles. The molecule has 6 nitrogen and oxygen atoms in total. The molecule has 0 aliphatic rings. The van der Waals surface area contributed by atoms with Gasteiger partial charge in [-0.25, -0.2) is 0 Å². The van der Waals surface area contributed by atoms with Gasteiger partial charge in [0.25, 0.3) is 0 Å². The first kappa shape index (κ1) is 20.2. The third kappa shape index (κ3) is 6.23. The zero-order valence-electron chi connectivity index (χ0n) is 13.2. The standard InChI is InChI=1S/C13H24N4O2S.ClH/c1-8(15-10(18)9(14)6-7-20-5)11-16-12(17-19-11)13(2,3)4;/h8-9H,6-7,14H2,1-5H3,(H,15,18);1H/t8?,9-;/m0./s1. The molecule has 21 heavy (non-hydrogen) atoms. The lowest BCUT2D eigenvalue weighted by molar-refractivity contribution is -0.123. The van der Waals surface area contributed by atoms with Crippen molar-refractivity contribution in [1.82, 2.24) is 15.5 Å². The Labute approximate surface area is 136 Å². The van der Waals surface area contributed by atoms with Crippen LogP contribution in [-0.4, -0.2) is 34.1 Å². The maximum atomic E-state index is 11.9. The molecule has 2 atom stereocenters. The van der Waals surface area contributed by atoms with E-state index >= 15 is 0 Å². The topological polar surface area (TPSA) is 94.0 Å². The summed E-state index contributed by atoms with van der Waals surface area (Å²) in [6.07, 6.45) is 2.64. The lowest BCUT2D eigenvalue weighted by atomic mass is 9.96. The fraction of sp³-hybridized carbons (Fsp3) is 0.769. The van der Waals surface area contributed by atoms with E-state index in [1.807, 2.05) is 27.0 Å². The monoisotopic (exact) mass is 336 g/mol. The number of hydrogen-bond donors (Lipinski definition) is 2. The van der Waals surface area contributed by atoms with Crippen molar-refractivity contribution in [3.63, 3.8) is 0 Å². The molecule has 0 radical (unpaired) electrons. The van der Waals surface area contributed by atoms with Crippen LogP contribution in [-0.2, 0) is 10.2 Å². The summed E-state index contributed by atoms with van der Waals surface area (Å²) in [5.74, 6) is 1.69. The molecule has 3 N–H and O–H groups in total. The Morgan fingerprint density at radius 1 is 1.48 bits per heavy atom. The van der Waals surface area contributed by atoms with E-state index in [2.05, 4.69) is 15.5 Å². The van der Waals surface area contributed by atoms with Gasteiger partial charge in [-0.2, -0.15) is 16.7 Å². The van der Waals surface area contributed by atoms with Crippen molar-refractivity contribution in [2.75, 3.05) is 12.0 Å².